The summed E-state index contributed by atoms with van der Waals surface area (Å²) in [5.74, 6) is 0.378. The third-order valence-electron chi connectivity index (χ3n) is 4.64. The first-order valence-electron chi connectivity index (χ1n) is 9.65. The van der Waals surface area contributed by atoms with Crippen molar-refractivity contribution in [2.45, 2.75) is 13.5 Å². The van der Waals surface area contributed by atoms with Gasteiger partial charge in [0.15, 0.2) is 0 Å². The van der Waals surface area contributed by atoms with E-state index in [0.717, 1.165) is 27.2 Å². The van der Waals surface area contributed by atoms with E-state index < -0.39 is 0 Å². The van der Waals surface area contributed by atoms with Gasteiger partial charge in [0.05, 0.1) is 27.9 Å². The van der Waals surface area contributed by atoms with Crippen molar-refractivity contribution in [3.05, 3.63) is 69.8 Å². The van der Waals surface area contributed by atoms with Gasteiger partial charge in [0, 0.05) is 31.3 Å². The topological polar surface area (TPSA) is 78.3 Å². The first-order chi connectivity index (χ1) is 15.1. The second-order valence-corrected chi connectivity index (χ2v) is 8.24. The molecule has 0 fully saturated rings. The molecule has 0 spiro atoms. The number of methoxy groups -OCH3 is 1. The predicted molar refractivity (Wildman–Crippen MR) is 121 cm³/mol. The minimum Gasteiger partial charge on any atom is -0.475 e. The second-order valence-electron chi connectivity index (χ2n) is 6.81. The van der Waals surface area contributed by atoms with Crippen LogP contribution in [0.3, 0.4) is 0 Å². The SMILES string of the molecule is COCCOc1ccc(CNC(=O)c2cc3c(C)nn(-c4ccccc4Cl)c3s2)cn1. The van der Waals surface area contributed by atoms with Gasteiger partial charge in [0.2, 0.25) is 5.88 Å². The number of thiophene rings is 1. The summed E-state index contributed by atoms with van der Waals surface area (Å²) >= 11 is 7.73. The minimum absolute atomic E-state index is 0.147. The monoisotopic (exact) mass is 456 g/mol. The number of hydrogen-bond acceptors (Lipinski definition) is 6. The smallest absolute Gasteiger partial charge is 0.261 e. The number of para-hydroxylation sites is 1. The van der Waals surface area contributed by atoms with Crippen LogP contribution in [0.1, 0.15) is 20.9 Å². The molecule has 0 aliphatic carbocycles. The summed E-state index contributed by atoms with van der Waals surface area (Å²) in [5.41, 5.74) is 2.51. The molecule has 7 nitrogen and oxygen atoms in total. The average molecular weight is 457 g/mol. The van der Waals surface area contributed by atoms with Gasteiger partial charge in [0.1, 0.15) is 11.4 Å². The summed E-state index contributed by atoms with van der Waals surface area (Å²) in [5, 5.41) is 9.08. The van der Waals surface area contributed by atoms with E-state index in [1.165, 1.54) is 11.3 Å². The van der Waals surface area contributed by atoms with Gasteiger partial charge in [-0.05, 0) is 30.7 Å². The van der Waals surface area contributed by atoms with Crippen LogP contribution >= 0.6 is 22.9 Å². The van der Waals surface area contributed by atoms with Crippen molar-refractivity contribution < 1.29 is 14.3 Å². The van der Waals surface area contributed by atoms with E-state index in [-0.39, 0.29) is 5.91 Å². The van der Waals surface area contributed by atoms with Crippen molar-refractivity contribution >= 4 is 39.1 Å². The van der Waals surface area contributed by atoms with Crippen molar-refractivity contribution in [1.29, 1.82) is 0 Å². The quantitative estimate of drug-likeness (QED) is 0.397. The Bertz CT molecular complexity index is 1200. The van der Waals surface area contributed by atoms with Gasteiger partial charge in [0.25, 0.3) is 5.91 Å². The zero-order chi connectivity index (χ0) is 21.8. The number of aromatic nitrogens is 3. The standard InChI is InChI=1S/C22H21ClN4O3S/c1-14-16-11-19(31-22(16)27(26-14)18-6-4-3-5-17(18)23)21(28)25-13-15-7-8-20(24-12-15)30-10-9-29-2/h3-8,11-12H,9-10,13H2,1-2H3,(H,25,28). The molecule has 4 rings (SSSR count). The summed E-state index contributed by atoms with van der Waals surface area (Å²) in [6, 6.07) is 13.0. The highest BCUT2D eigenvalue weighted by Gasteiger charge is 2.18. The lowest BCUT2D eigenvalue weighted by atomic mass is 10.2. The van der Waals surface area contributed by atoms with E-state index in [4.69, 9.17) is 21.1 Å². The molecule has 4 aromatic rings. The van der Waals surface area contributed by atoms with E-state index in [1.807, 2.05) is 43.3 Å². The molecule has 9 heteroatoms. The third kappa shape index (κ3) is 4.71. The van der Waals surface area contributed by atoms with E-state index in [1.54, 1.807) is 24.1 Å². The van der Waals surface area contributed by atoms with Crippen LogP contribution in [0, 0.1) is 6.92 Å². The highest BCUT2D eigenvalue weighted by Crippen LogP contribution is 2.32. The Morgan fingerprint density at radius 2 is 2.06 bits per heavy atom. The van der Waals surface area contributed by atoms with Crippen LogP contribution in [-0.2, 0) is 11.3 Å². The Morgan fingerprint density at radius 3 is 2.81 bits per heavy atom. The Labute approximate surface area is 188 Å². The van der Waals surface area contributed by atoms with E-state index in [9.17, 15) is 4.79 Å². The molecule has 3 heterocycles. The van der Waals surface area contributed by atoms with Gasteiger partial charge in [-0.3, -0.25) is 4.79 Å². The van der Waals surface area contributed by atoms with Crippen LogP contribution in [-0.4, -0.2) is 41.0 Å². The van der Waals surface area contributed by atoms with E-state index >= 15 is 0 Å². The summed E-state index contributed by atoms with van der Waals surface area (Å²) in [7, 11) is 1.62. The van der Waals surface area contributed by atoms with E-state index in [0.29, 0.717) is 35.5 Å². The number of pyridine rings is 1. The van der Waals surface area contributed by atoms with Crippen molar-refractivity contribution in [3.63, 3.8) is 0 Å². The summed E-state index contributed by atoms with van der Waals surface area (Å²) in [6.07, 6.45) is 1.69. The molecule has 0 unspecified atom stereocenters. The van der Waals surface area contributed by atoms with Gasteiger partial charge in [-0.25, -0.2) is 9.67 Å². The zero-order valence-corrected chi connectivity index (χ0v) is 18.7. The second kappa shape index (κ2) is 9.47. The number of rotatable bonds is 8. The highest BCUT2D eigenvalue weighted by atomic mass is 35.5. The largest absolute Gasteiger partial charge is 0.475 e. The normalized spacial score (nSPS) is 11.1. The van der Waals surface area contributed by atoms with Gasteiger partial charge >= 0.3 is 0 Å². The summed E-state index contributed by atoms with van der Waals surface area (Å²) in [6.45, 7) is 3.24. The number of aryl methyl sites for hydroxylation is 1. The molecule has 0 aliphatic heterocycles. The fourth-order valence-corrected chi connectivity index (χ4v) is 4.35. The Balaban J connectivity index is 1.46. The summed E-state index contributed by atoms with van der Waals surface area (Å²) in [4.78, 5) is 18.5. The number of ether oxygens (including phenoxy) is 2. The maximum absolute atomic E-state index is 12.7. The molecule has 1 N–H and O–H groups in total. The summed E-state index contributed by atoms with van der Waals surface area (Å²) < 4.78 is 12.2. The van der Waals surface area contributed by atoms with Gasteiger partial charge in [-0.1, -0.05) is 29.8 Å². The first-order valence-corrected chi connectivity index (χ1v) is 10.8. The highest BCUT2D eigenvalue weighted by molar-refractivity contribution is 7.20. The molecule has 160 valence electrons. The molecule has 1 amide bonds. The van der Waals surface area contributed by atoms with Gasteiger partial charge in [-0.15, -0.1) is 11.3 Å². The number of benzene rings is 1. The molecule has 0 bridgehead atoms. The molecule has 0 aliphatic rings. The Kier molecular flexibility index (Phi) is 6.50. The first kappa shape index (κ1) is 21.3. The van der Waals surface area contributed by atoms with Crippen molar-refractivity contribution in [2.75, 3.05) is 20.3 Å². The van der Waals surface area contributed by atoms with E-state index in [2.05, 4.69) is 15.4 Å². The lowest BCUT2D eigenvalue weighted by Gasteiger charge is -2.07. The zero-order valence-electron chi connectivity index (χ0n) is 17.1. The predicted octanol–water partition coefficient (Wildman–Crippen LogP) is 4.40. The molecular formula is C22H21ClN4O3S. The Hall–Kier alpha value is -2.94. The molecular weight excluding hydrogens is 436 g/mol. The maximum Gasteiger partial charge on any atom is 0.261 e. The van der Waals surface area contributed by atoms with Crippen molar-refractivity contribution in [3.8, 4) is 11.6 Å². The number of nitrogens with one attached hydrogen (secondary N) is 1. The molecule has 0 saturated heterocycles. The lowest BCUT2D eigenvalue weighted by molar-refractivity contribution is 0.0955. The number of halogens is 1. The molecule has 0 saturated carbocycles. The lowest BCUT2D eigenvalue weighted by Crippen LogP contribution is -2.21. The number of nitrogens with zero attached hydrogens (tertiary/aromatic N) is 3. The minimum atomic E-state index is -0.147. The van der Waals surface area contributed by atoms with Crippen LogP contribution in [0.15, 0.2) is 48.7 Å². The maximum atomic E-state index is 12.7. The van der Waals surface area contributed by atoms with Crippen LogP contribution in [0.2, 0.25) is 5.02 Å². The number of carbonyl (C=O) groups excluding carboxylic acids is 1. The van der Waals surface area contributed by atoms with Gasteiger partial charge in [-0.2, -0.15) is 5.10 Å². The number of fused-ring (bicyclic) bond motifs is 1. The molecule has 1 aromatic carbocycles. The Morgan fingerprint density at radius 1 is 1.23 bits per heavy atom. The van der Waals surface area contributed by atoms with Gasteiger partial charge < -0.3 is 14.8 Å². The fraction of sp³-hybridized carbons (Fsp3) is 0.227. The average Bonchev–Trinajstić information content (AvgIpc) is 3.34. The van der Waals surface area contributed by atoms with Crippen LogP contribution < -0.4 is 10.1 Å². The number of carbonyl (C=O) groups is 1. The third-order valence-corrected chi connectivity index (χ3v) is 6.07. The van der Waals surface area contributed by atoms with Crippen LogP contribution in [0.25, 0.3) is 15.9 Å². The van der Waals surface area contributed by atoms with Crippen LogP contribution in [0.4, 0.5) is 0 Å². The van der Waals surface area contributed by atoms with Crippen molar-refractivity contribution in [2.24, 2.45) is 0 Å². The fourth-order valence-electron chi connectivity index (χ4n) is 3.05. The molecule has 0 radical (unpaired) electrons. The van der Waals surface area contributed by atoms with Crippen molar-refractivity contribution in [1.82, 2.24) is 20.1 Å². The van der Waals surface area contributed by atoms with Crippen LogP contribution in [0.5, 0.6) is 5.88 Å². The molecule has 31 heavy (non-hydrogen) atoms. The molecule has 3 aromatic heterocycles. The number of hydrogen-bond donors (Lipinski definition) is 1. The molecule has 0 atom stereocenters. The number of amides is 1.